The summed E-state index contributed by atoms with van der Waals surface area (Å²) >= 11 is 0. The van der Waals surface area contributed by atoms with E-state index in [1.165, 1.54) is 25.8 Å². The number of aliphatic imine (C=N–C) groups is 1. The minimum Gasteiger partial charge on any atom is -0.497 e. The van der Waals surface area contributed by atoms with Crippen molar-refractivity contribution in [2.75, 3.05) is 39.2 Å². The number of unbranched alkanes of at least 4 members (excludes halogenated alkanes) is 1. The Hall–Kier alpha value is -1.95. The Morgan fingerprint density at radius 2 is 2.12 bits per heavy atom. The molecule has 6 heteroatoms. The Morgan fingerprint density at radius 1 is 1.28 bits per heavy atom. The van der Waals surface area contributed by atoms with E-state index < -0.39 is 0 Å². The van der Waals surface area contributed by atoms with E-state index >= 15 is 0 Å². The van der Waals surface area contributed by atoms with E-state index in [4.69, 9.17) is 15.2 Å². The normalized spacial score (nSPS) is 18.8. The van der Waals surface area contributed by atoms with Gasteiger partial charge in [-0.3, -0.25) is 4.99 Å². The fourth-order valence-corrected chi connectivity index (χ4v) is 3.21. The number of piperidine rings is 1. The van der Waals surface area contributed by atoms with Crippen LogP contribution in [0.1, 0.15) is 39.0 Å². The number of rotatable bonds is 8. The molecule has 140 valence electrons. The van der Waals surface area contributed by atoms with Gasteiger partial charge in [-0.1, -0.05) is 6.42 Å². The first kappa shape index (κ1) is 19.4. The number of anilines is 1. The fourth-order valence-electron chi connectivity index (χ4n) is 3.21. The van der Waals surface area contributed by atoms with Gasteiger partial charge in [0.1, 0.15) is 11.5 Å². The molecule has 0 spiro atoms. The molecule has 1 atom stereocenters. The molecular weight excluding hydrogens is 316 g/mol. The van der Waals surface area contributed by atoms with Gasteiger partial charge in [-0.05, 0) is 57.8 Å². The van der Waals surface area contributed by atoms with Gasteiger partial charge in [-0.2, -0.15) is 0 Å². The van der Waals surface area contributed by atoms with E-state index in [2.05, 4.69) is 22.1 Å². The number of methoxy groups -OCH3 is 2. The lowest BCUT2D eigenvalue weighted by Crippen LogP contribution is -2.38. The summed E-state index contributed by atoms with van der Waals surface area (Å²) in [5.41, 5.74) is 6.75. The topological polar surface area (TPSA) is 72.1 Å². The first-order valence-electron chi connectivity index (χ1n) is 9.17. The van der Waals surface area contributed by atoms with Gasteiger partial charge < -0.3 is 25.4 Å². The lowest BCUT2D eigenvalue weighted by molar-refractivity contribution is 0.158. The monoisotopic (exact) mass is 348 g/mol. The summed E-state index contributed by atoms with van der Waals surface area (Å²) in [6.45, 7) is 5.46. The van der Waals surface area contributed by atoms with Crippen molar-refractivity contribution in [3.8, 4) is 11.5 Å². The summed E-state index contributed by atoms with van der Waals surface area (Å²) in [6, 6.07) is 6.26. The summed E-state index contributed by atoms with van der Waals surface area (Å²) in [5, 5.41) is 3.10. The Morgan fingerprint density at radius 3 is 2.84 bits per heavy atom. The molecular formula is C19H32N4O2. The van der Waals surface area contributed by atoms with Crippen molar-refractivity contribution in [1.29, 1.82) is 0 Å². The van der Waals surface area contributed by atoms with Crippen LogP contribution in [0.2, 0.25) is 0 Å². The molecule has 0 radical (unpaired) electrons. The highest BCUT2D eigenvalue weighted by Gasteiger charge is 2.16. The summed E-state index contributed by atoms with van der Waals surface area (Å²) in [7, 11) is 3.26. The molecule has 1 aromatic carbocycles. The molecule has 25 heavy (non-hydrogen) atoms. The number of nitrogens with one attached hydrogen (secondary N) is 1. The van der Waals surface area contributed by atoms with Gasteiger partial charge in [0.05, 0.1) is 19.9 Å². The van der Waals surface area contributed by atoms with Crippen LogP contribution in [-0.2, 0) is 0 Å². The molecule has 1 unspecified atom stereocenters. The van der Waals surface area contributed by atoms with Crippen molar-refractivity contribution in [1.82, 2.24) is 4.90 Å². The van der Waals surface area contributed by atoms with E-state index in [0.29, 0.717) is 11.7 Å². The van der Waals surface area contributed by atoms with Crippen molar-refractivity contribution in [3.63, 3.8) is 0 Å². The highest BCUT2D eigenvalue weighted by Crippen LogP contribution is 2.28. The average molecular weight is 348 g/mol. The number of likely N-dealkylation sites (tertiary alicyclic amines) is 1. The van der Waals surface area contributed by atoms with Gasteiger partial charge in [0.15, 0.2) is 5.96 Å². The molecule has 1 aromatic rings. The summed E-state index contributed by atoms with van der Waals surface area (Å²) in [4.78, 5) is 7.01. The molecule has 1 fully saturated rings. The van der Waals surface area contributed by atoms with Crippen LogP contribution < -0.4 is 20.5 Å². The third-order valence-electron chi connectivity index (χ3n) is 4.75. The molecule has 0 aliphatic carbocycles. The number of hydrogen-bond donors (Lipinski definition) is 2. The maximum atomic E-state index is 6.00. The summed E-state index contributed by atoms with van der Waals surface area (Å²) in [5.74, 6) is 1.85. The highest BCUT2D eigenvalue weighted by atomic mass is 16.5. The van der Waals surface area contributed by atoms with Crippen LogP contribution >= 0.6 is 0 Å². The third kappa shape index (κ3) is 6.12. The highest BCUT2D eigenvalue weighted by molar-refractivity contribution is 5.93. The van der Waals surface area contributed by atoms with Crippen LogP contribution in [0.15, 0.2) is 23.2 Å². The first-order chi connectivity index (χ1) is 12.1. The molecule has 1 aliphatic rings. The van der Waals surface area contributed by atoms with Crippen LogP contribution in [0.4, 0.5) is 5.69 Å². The molecule has 1 aliphatic heterocycles. The van der Waals surface area contributed by atoms with Gasteiger partial charge in [-0.25, -0.2) is 0 Å². The molecule has 1 heterocycles. The van der Waals surface area contributed by atoms with Gasteiger partial charge in [0, 0.05) is 18.7 Å². The number of nitrogens with two attached hydrogens (primary N) is 1. The molecule has 6 nitrogen and oxygen atoms in total. The van der Waals surface area contributed by atoms with Gasteiger partial charge in [0.2, 0.25) is 0 Å². The maximum absolute atomic E-state index is 6.00. The van der Waals surface area contributed by atoms with E-state index in [0.717, 1.165) is 43.4 Å². The first-order valence-corrected chi connectivity index (χ1v) is 9.17. The molecule has 0 saturated carbocycles. The number of guanidine groups is 1. The van der Waals surface area contributed by atoms with Gasteiger partial charge in [-0.15, -0.1) is 0 Å². The van der Waals surface area contributed by atoms with Crippen molar-refractivity contribution < 1.29 is 9.47 Å². The van der Waals surface area contributed by atoms with E-state index in [1.807, 2.05) is 18.2 Å². The summed E-state index contributed by atoms with van der Waals surface area (Å²) < 4.78 is 10.6. The van der Waals surface area contributed by atoms with Crippen molar-refractivity contribution in [2.24, 2.45) is 10.7 Å². The average Bonchev–Trinajstić information content (AvgIpc) is 2.62. The number of benzene rings is 1. The molecule has 0 aromatic heterocycles. The SMILES string of the molecule is COc1ccc(OC)c(NC(N)=NCCCCN2CCCCC2C)c1. The lowest BCUT2D eigenvalue weighted by Gasteiger charge is -2.33. The minimum absolute atomic E-state index is 0.401. The lowest BCUT2D eigenvalue weighted by atomic mass is 10.0. The minimum atomic E-state index is 0.401. The van der Waals surface area contributed by atoms with Crippen LogP contribution in [0, 0.1) is 0 Å². The van der Waals surface area contributed by atoms with Crippen LogP contribution in [0.25, 0.3) is 0 Å². The second-order valence-corrected chi connectivity index (χ2v) is 6.55. The molecule has 1 saturated heterocycles. The van der Waals surface area contributed by atoms with Gasteiger partial charge in [0.25, 0.3) is 0 Å². The zero-order valence-electron chi connectivity index (χ0n) is 15.8. The Kier molecular flexibility index (Phi) is 7.85. The standard InChI is InChI=1S/C19H32N4O2/c1-15-8-4-6-12-23(15)13-7-5-11-21-19(20)22-17-14-16(24-2)9-10-18(17)25-3/h9-10,14-15H,4-8,11-13H2,1-3H3,(H3,20,21,22). The Bertz CT molecular complexity index is 562. The Balaban J connectivity index is 1.76. The zero-order chi connectivity index (χ0) is 18.1. The quantitative estimate of drug-likeness (QED) is 0.429. The third-order valence-corrected chi connectivity index (χ3v) is 4.75. The van der Waals surface area contributed by atoms with Gasteiger partial charge >= 0.3 is 0 Å². The number of nitrogens with zero attached hydrogens (tertiary/aromatic N) is 2. The predicted molar refractivity (Wildman–Crippen MR) is 104 cm³/mol. The van der Waals surface area contributed by atoms with Crippen molar-refractivity contribution >= 4 is 11.6 Å². The molecule has 2 rings (SSSR count). The predicted octanol–water partition coefficient (Wildman–Crippen LogP) is 3.09. The molecule has 3 N–H and O–H groups in total. The fraction of sp³-hybridized carbons (Fsp3) is 0.632. The van der Waals surface area contributed by atoms with Crippen LogP contribution in [0.3, 0.4) is 0 Å². The van der Waals surface area contributed by atoms with Crippen molar-refractivity contribution in [3.05, 3.63) is 18.2 Å². The Labute approximate surface area is 151 Å². The number of ether oxygens (including phenoxy) is 2. The van der Waals surface area contributed by atoms with Crippen molar-refractivity contribution in [2.45, 2.75) is 45.1 Å². The van der Waals surface area contributed by atoms with E-state index in [9.17, 15) is 0 Å². The largest absolute Gasteiger partial charge is 0.497 e. The second kappa shape index (κ2) is 10.1. The number of hydrogen-bond acceptors (Lipinski definition) is 4. The second-order valence-electron chi connectivity index (χ2n) is 6.55. The van der Waals surface area contributed by atoms with Crippen LogP contribution in [0.5, 0.6) is 11.5 Å². The van der Waals surface area contributed by atoms with Crippen LogP contribution in [-0.4, -0.2) is 50.8 Å². The van der Waals surface area contributed by atoms with E-state index in [-0.39, 0.29) is 0 Å². The van der Waals surface area contributed by atoms with E-state index in [1.54, 1.807) is 14.2 Å². The zero-order valence-corrected chi connectivity index (χ0v) is 15.8. The summed E-state index contributed by atoms with van der Waals surface area (Å²) in [6.07, 6.45) is 6.24. The molecule has 0 bridgehead atoms. The molecule has 0 amide bonds. The smallest absolute Gasteiger partial charge is 0.193 e. The maximum Gasteiger partial charge on any atom is 0.193 e.